The first-order valence-corrected chi connectivity index (χ1v) is 5.78. The quantitative estimate of drug-likeness (QED) is 0.735. The van der Waals surface area contributed by atoms with Gasteiger partial charge in [-0.25, -0.2) is 0 Å². The molecule has 3 nitrogen and oxygen atoms in total. The number of rotatable bonds is 3. The second-order valence-corrected chi connectivity index (χ2v) is 3.82. The van der Waals surface area contributed by atoms with Gasteiger partial charge in [0.05, 0.1) is 6.54 Å². The van der Waals surface area contributed by atoms with Crippen LogP contribution in [0, 0.1) is 0 Å². The Kier molecular flexibility index (Phi) is 4.55. The van der Waals surface area contributed by atoms with Crippen LogP contribution in [-0.2, 0) is 4.79 Å². The van der Waals surface area contributed by atoms with Crippen LogP contribution in [0.5, 0.6) is 0 Å². The van der Waals surface area contributed by atoms with E-state index in [2.05, 4.69) is 10.2 Å². The van der Waals surface area contributed by atoms with Gasteiger partial charge in [-0.15, -0.1) is 0 Å². The zero-order valence-electron chi connectivity index (χ0n) is 9.55. The van der Waals surface area contributed by atoms with E-state index in [4.69, 9.17) is 0 Å². The number of nitrogens with one attached hydrogen (secondary N) is 1. The summed E-state index contributed by atoms with van der Waals surface area (Å²) < 4.78 is 0. The number of nitrogens with zero attached hydrogens (tertiary/aromatic N) is 1. The van der Waals surface area contributed by atoms with Crippen LogP contribution in [0.4, 0.5) is 0 Å². The number of piperazine rings is 1. The molecule has 0 aliphatic carbocycles. The van der Waals surface area contributed by atoms with Gasteiger partial charge in [-0.05, 0) is 6.42 Å². The van der Waals surface area contributed by atoms with Gasteiger partial charge in [-0.3, -0.25) is 9.69 Å². The monoisotopic (exact) mass is 198 g/mol. The Bertz CT molecular complexity index is 194. The van der Waals surface area contributed by atoms with E-state index in [1.54, 1.807) is 0 Å². The topological polar surface area (TPSA) is 32.3 Å². The first-order chi connectivity index (χ1) is 6.79. The number of fused-ring (bicyclic) bond motifs is 2. The number of carbonyl (C=O) groups is 1. The summed E-state index contributed by atoms with van der Waals surface area (Å²) in [5.74, 6) is 0.377. The molecule has 3 heteroatoms. The lowest BCUT2D eigenvalue weighted by molar-refractivity contribution is -0.120. The van der Waals surface area contributed by atoms with Crippen molar-refractivity contribution in [1.29, 1.82) is 0 Å². The third kappa shape index (κ3) is 2.55. The molecule has 1 N–H and O–H groups in total. The molecule has 0 radical (unpaired) electrons. The van der Waals surface area contributed by atoms with Crippen LogP contribution in [0.2, 0.25) is 0 Å². The van der Waals surface area contributed by atoms with Gasteiger partial charge in [-0.2, -0.15) is 0 Å². The minimum Gasteiger partial charge on any atom is -0.311 e. The Balaban J connectivity index is 0.000000461. The molecule has 2 bridgehead atoms. The van der Waals surface area contributed by atoms with Gasteiger partial charge in [0.15, 0.2) is 0 Å². The molecular formula is C11H22N2O. The van der Waals surface area contributed by atoms with Crippen molar-refractivity contribution in [2.24, 2.45) is 0 Å². The highest BCUT2D eigenvalue weighted by Gasteiger charge is 2.37. The molecule has 82 valence electrons. The van der Waals surface area contributed by atoms with E-state index in [9.17, 15) is 4.79 Å². The molecule has 2 rings (SSSR count). The van der Waals surface area contributed by atoms with Crippen molar-refractivity contribution in [2.75, 3.05) is 19.6 Å². The summed E-state index contributed by atoms with van der Waals surface area (Å²) in [7, 11) is 0. The molecule has 2 heterocycles. The summed E-state index contributed by atoms with van der Waals surface area (Å²) in [5.41, 5.74) is 0. The van der Waals surface area contributed by atoms with Crippen molar-refractivity contribution in [3.05, 3.63) is 0 Å². The highest BCUT2D eigenvalue weighted by molar-refractivity contribution is 5.80. The van der Waals surface area contributed by atoms with Crippen LogP contribution in [0.3, 0.4) is 0 Å². The maximum atomic E-state index is 11.2. The van der Waals surface area contributed by atoms with E-state index < -0.39 is 0 Å². The second kappa shape index (κ2) is 5.47. The molecule has 2 atom stereocenters. The average Bonchev–Trinajstić information content (AvgIpc) is 2.82. The maximum Gasteiger partial charge on any atom is 0.146 e. The highest BCUT2D eigenvalue weighted by atomic mass is 16.1. The summed E-state index contributed by atoms with van der Waals surface area (Å²) >= 11 is 0. The molecule has 0 aromatic carbocycles. The van der Waals surface area contributed by atoms with Crippen LogP contribution in [-0.4, -0.2) is 42.4 Å². The average molecular weight is 198 g/mol. The lowest BCUT2D eigenvalue weighted by Gasteiger charge is -2.26. The molecule has 0 saturated carbocycles. The zero-order chi connectivity index (χ0) is 10.6. The van der Waals surface area contributed by atoms with Crippen molar-refractivity contribution in [3.8, 4) is 0 Å². The van der Waals surface area contributed by atoms with Crippen molar-refractivity contribution < 1.29 is 4.79 Å². The van der Waals surface area contributed by atoms with E-state index in [1.165, 1.54) is 6.42 Å². The van der Waals surface area contributed by atoms with Gasteiger partial charge < -0.3 is 5.32 Å². The van der Waals surface area contributed by atoms with Gasteiger partial charge in [0.1, 0.15) is 5.78 Å². The van der Waals surface area contributed by atoms with Crippen molar-refractivity contribution >= 4 is 5.78 Å². The predicted octanol–water partition coefficient (Wildman–Crippen LogP) is 1.04. The molecule has 2 aliphatic heterocycles. The maximum absolute atomic E-state index is 11.2. The number of likely N-dealkylation sites (tertiary alicyclic amines) is 1. The normalized spacial score (nSPS) is 29.9. The third-order valence-electron chi connectivity index (χ3n) is 2.94. The largest absolute Gasteiger partial charge is 0.311 e. The summed E-state index contributed by atoms with van der Waals surface area (Å²) in [6.45, 7) is 8.78. The van der Waals surface area contributed by atoms with Crippen molar-refractivity contribution in [2.45, 2.75) is 45.7 Å². The van der Waals surface area contributed by atoms with Crippen LogP contribution >= 0.6 is 0 Å². The number of ketones is 1. The van der Waals surface area contributed by atoms with Gasteiger partial charge in [0, 0.05) is 31.6 Å². The van der Waals surface area contributed by atoms with Crippen LogP contribution in [0.1, 0.15) is 33.6 Å². The van der Waals surface area contributed by atoms with Gasteiger partial charge >= 0.3 is 0 Å². The van der Waals surface area contributed by atoms with E-state index in [0.717, 1.165) is 13.1 Å². The standard InChI is InChI=1S/C9H16N2O.C2H6/c1-2-9(12)6-11-5-7-3-8(11)4-10-7;1-2/h7-8,10H,2-6H2,1H3;1-2H3. The Morgan fingerprint density at radius 2 is 2.21 bits per heavy atom. The molecular weight excluding hydrogens is 176 g/mol. The Morgan fingerprint density at radius 1 is 1.50 bits per heavy atom. The molecule has 0 aromatic rings. The van der Waals surface area contributed by atoms with E-state index in [0.29, 0.717) is 30.8 Å². The Labute approximate surface area is 86.9 Å². The molecule has 2 aliphatic rings. The van der Waals surface area contributed by atoms with Crippen LogP contribution in [0.25, 0.3) is 0 Å². The smallest absolute Gasteiger partial charge is 0.146 e. The molecule has 0 amide bonds. The molecule has 0 aromatic heterocycles. The summed E-state index contributed by atoms with van der Waals surface area (Å²) in [6, 6.07) is 1.31. The molecule has 0 spiro atoms. The Hall–Kier alpha value is -0.410. The van der Waals surface area contributed by atoms with Gasteiger partial charge in [0.2, 0.25) is 0 Å². The highest BCUT2D eigenvalue weighted by Crippen LogP contribution is 2.22. The Morgan fingerprint density at radius 3 is 2.64 bits per heavy atom. The minimum absolute atomic E-state index is 0.377. The van der Waals surface area contributed by atoms with Crippen molar-refractivity contribution in [1.82, 2.24) is 10.2 Å². The fourth-order valence-corrected chi connectivity index (χ4v) is 2.18. The molecule has 2 unspecified atom stereocenters. The number of carbonyl (C=O) groups excluding carboxylic acids is 1. The summed E-state index contributed by atoms with van der Waals surface area (Å²) in [6.07, 6.45) is 1.93. The minimum atomic E-state index is 0.377. The van der Waals surface area contributed by atoms with E-state index in [-0.39, 0.29) is 0 Å². The van der Waals surface area contributed by atoms with Gasteiger partial charge in [-0.1, -0.05) is 20.8 Å². The SMILES string of the molecule is CC.CCC(=O)CN1CC2CC1CN2. The summed E-state index contributed by atoms with van der Waals surface area (Å²) in [5, 5.41) is 3.42. The first-order valence-electron chi connectivity index (χ1n) is 5.78. The summed E-state index contributed by atoms with van der Waals surface area (Å²) in [4.78, 5) is 13.5. The lowest BCUT2D eigenvalue weighted by Crippen LogP contribution is -2.45. The van der Waals surface area contributed by atoms with E-state index in [1.807, 2.05) is 20.8 Å². The van der Waals surface area contributed by atoms with Crippen LogP contribution < -0.4 is 5.32 Å². The first kappa shape index (κ1) is 11.7. The molecule has 2 saturated heterocycles. The number of hydrogen-bond acceptors (Lipinski definition) is 3. The number of hydrogen-bond donors (Lipinski definition) is 1. The third-order valence-corrected chi connectivity index (χ3v) is 2.94. The fraction of sp³-hybridized carbons (Fsp3) is 0.909. The van der Waals surface area contributed by atoms with Crippen molar-refractivity contribution in [3.63, 3.8) is 0 Å². The van der Waals surface area contributed by atoms with Crippen LogP contribution in [0.15, 0.2) is 0 Å². The predicted molar refractivity (Wildman–Crippen MR) is 58.4 cm³/mol. The number of Topliss-reactive ketones (excluding diaryl/α,β-unsaturated/α-hetero) is 1. The molecule has 14 heavy (non-hydrogen) atoms. The second-order valence-electron chi connectivity index (χ2n) is 3.82. The van der Waals surface area contributed by atoms with E-state index >= 15 is 0 Å². The molecule has 2 fully saturated rings. The van der Waals surface area contributed by atoms with Gasteiger partial charge in [0.25, 0.3) is 0 Å². The zero-order valence-corrected chi connectivity index (χ0v) is 9.55. The lowest BCUT2D eigenvalue weighted by atomic mass is 10.2. The fourth-order valence-electron chi connectivity index (χ4n) is 2.18.